The van der Waals surface area contributed by atoms with Crippen LogP contribution in [0.25, 0.3) is 0 Å². The largest absolute Gasteiger partial charge is 0.388 e. The number of anilines is 1. The molecule has 0 atom stereocenters. The molecule has 124 valence electrons. The van der Waals surface area contributed by atoms with E-state index in [0.29, 0.717) is 11.5 Å². The van der Waals surface area contributed by atoms with Gasteiger partial charge in [0.15, 0.2) is 17.3 Å². The molecule has 0 aromatic carbocycles. The third-order valence-electron chi connectivity index (χ3n) is 3.50. The molecule has 0 saturated heterocycles. The zero-order valence-electron chi connectivity index (χ0n) is 13.5. The molecule has 0 fully saturated rings. The second-order valence-corrected chi connectivity index (χ2v) is 5.19. The highest BCUT2D eigenvalue weighted by atomic mass is 16.3. The summed E-state index contributed by atoms with van der Waals surface area (Å²) in [6, 6.07) is 0. The van der Waals surface area contributed by atoms with Crippen molar-refractivity contribution < 1.29 is 9.90 Å². The Labute approximate surface area is 133 Å². The Hall–Kier alpha value is -2.55. The number of aliphatic hydroxyl groups excluding tert-OH is 1. The maximum Gasteiger partial charge on any atom is 0.193 e. The number of carbonyl (C=O) groups excluding carboxylic acids is 1. The van der Waals surface area contributed by atoms with Crippen LogP contribution in [0.1, 0.15) is 35.8 Å². The zero-order valence-corrected chi connectivity index (χ0v) is 13.5. The molecule has 9 heteroatoms. The third-order valence-corrected chi connectivity index (χ3v) is 3.50. The van der Waals surface area contributed by atoms with Crippen molar-refractivity contribution in [2.24, 2.45) is 24.3 Å². The van der Waals surface area contributed by atoms with E-state index in [-0.39, 0.29) is 11.4 Å². The number of hydrogen-bond acceptors (Lipinski definition) is 7. The molecule has 0 saturated carbocycles. The fourth-order valence-electron chi connectivity index (χ4n) is 2.13. The first-order valence-electron chi connectivity index (χ1n) is 7.38. The van der Waals surface area contributed by atoms with Crippen LogP contribution in [0.15, 0.2) is 16.4 Å². The summed E-state index contributed by atoms with van der Waals surface area (Å²) in [6.45, 7) is 1.49. The lowest BCUT2D eigenvalue weighted by molar-refractivity contribution is 0.0904. The van der Waals surface area contributed by atoms with E-state index in [1.807, 2.05) is 0 Å². The van der Waals surface area contributed by atoms with Crippen molar-refractivity contribution >= 4 is 23.1 Å². The number of rotatable bonds is 7. The van der Waals surface area contributed by atoms with Crippen LogP contribution in [0.2, 0.25) is 0 Å². The minimum atomic E-state index is -0.606. The van der Waals surface area contributed by atoms with Crippen molar-refractivity contribution in [3.63, 3.8) is 0 Å². The van der Waals surface area contributed by atoms with Crippen LogP contribution in [0.3, 0.4) is 0 Å². The Bertz CT molecular complexity index is 730. The number of aliphatic hydroxyl groups is 1. The molecule has 0 spiro atoms. The number of nitrogens with two attached hydrogens (primary N) is 1. The van der Waals surface area contributed by atoms with Gasteiger partial charge in [0.25, 0.3) is 0 Å². The molecule has 2 heterocycles. The summed E-state index contributed by atoms with van der Waals surface area (Å²) in [6.07, 6.45) is 4.12. The van der Waals surface area contributed by atoms with Crippen LogP contribution in [0.4, 0.5) is 17.3 Å². The van der Waals surface area contributed by atoms with E-state index >= 15 is 0 Å². The van der Waals surface area contributed by atoms with E-state index < -0.39 is 12.4 Å². The summed E-state index contributed by atoms with van der Waals surface area (Å²) in [5.74, 6) is 0.225. The minimum Gasteiger partial charge on any atom is -0.388 e. The van der Waals surface area contributed by atoms with Crippen molar-refractivity contribution in [1.82, 2.24) is 19.6 Å². The number of Topliss-reactive ketones (excluding diaryl/α,β-unsaturated/α-hetero) is 1. The summed E-state index contributed by atoms with van der Waals surface area (Å²) in [5.41, 5.74) is 7.49. The lowest BCUT2D eigenvalue weighted by Gasteiger charge is -1.99. The Morgan fingerprint density at radius 1 is 1.35 bits per heavy atom. The van der Waals surface area contributed by atoms with Crippen molar-refractivity contribution in [2.45, 2.75) is 26.2 Å². The van der Waals surface area contributed by atoms with E-state index in [2.05, 4.69) is 27.3 Å². The monoisotopic (exact) mass is 319 g/mol. The molecule has 2 rings (SSSR count). The van der Waals surface area contributed by atoms with Crippen LogP contribution in [0.5, 0.6) is 0 Å². The van der Waals surface area contributed by atoms with Crippen LogP contribution >= 0.6 is 0 Å². The van der Waals surface area contributed by atoms with E-state index in [0.717, 1.165) is 25.0 Å². The van der Waals surface area contributed by atoms with Gasteiger partial charge in [0.1, 0.15) is 12.4 Å². The van der Waals surface area contributed by atoms with Crippen molar-refractivity contribution in [1.29, 1.82) is 0 Å². The number of ketones is 1. The molecular weight excluding hydrogens is 298 g/mol. The van der Waals surface area contributed by atoms with Gasteiger partial charge in [0.2, 0.25) is 0 Å². The van der Waals surface area contributed by atoms with Gasteiger partial charge in [-0.05, 0) is 12.8 Å². The van der Waals surface area contributed by atoms with Crippen LogP contribution < -0.4 is 5.73 Å². The molecule has 0 aliphatic heterocycles. The summed E-state index contributed by atoms with van der Waals surface area (Å²) in [4.78, 5) is 11.7. The minimum absolute atomic E-state index is 0.219. The molecule has 9 nitrogen and oxygen atoms in total. The number of nitrogen functional groups attached to an aromatic ring is 1. The highest BCUT2D eigenvalue weighted by Gasteiger charge is 2.17. The maximum atomic E-state index is 11.7. The number of azo groups is 1. The first-order valence-corrected chi connectivity index (χ1v) is 7.38. The first kappa shape index (κ1) is 16.8. The van der Waals surface area contributed by atoms with Gasteiger partial charge in [-0.1, -0.05) is 13.3 Å². The van der Waals surface area contributed by atoms with Crippen LogP contribution in [-0.2, 0) is 20.5 Å². The zero-order chi connectivity index (χ0) is 17.0. The molecule has 0 radical (unpaired) electrons. The molecule has 0 aliphatic carbocycles. The molecule has 2 aromatic heterocycles. The molecule has 0 bridgehead atoms. The van der Waals surface area contributed by atoms with Gasteiger partial charge >= 0.3 is 0 Å². The SMILES string of the molecule is CCCCc1nn(C)c(N)c1N=Nc1c(C(=O)CO)cnn1C. The lowest BCUT2D eigenvalue weighted by Crippen LogP contribution is -2.03. The highest BCUT2D eigenvalue weighted by molar-refractivity contribution is 6.00. The topological polar surface area (TPSA) is 124 Å². The molecule has 2 aromatic rings. The van der Waals surface area contributed by atoms with Crippen molar-refractivity contribution in [3.05, 3.63) is 17.5 Å². The predicted octanol–water partition coefficient (Wildman–Crippen LogP) is 1.67. The Morgan fingerprint density at radius 3 is 2.74 bits per heavy atom. The summed E-state index contributed by atoms with van der Waals surface area (Å²) >= 11 is 0. The van der Waals surface area contributed by atoms with E-state index in [9.17, 15) is 4.79 Å². The number of aryl methyl sites for hydroxylation is 3. The Morgan fingerprint density at radius 2 is 2.09 bits per heavy atom. The quantitative estimate of drug-likeness (QED) is 0.593. The molecule has 3 N–H and O–H groups in total. The lowest BCUT2D eigenvalue weighted by atomic mass is 10.2. The Kier molecular flexibility index (Phi) is 5.22. The highest BCUT2D eigenvalue weighted by Crippen LogP contribution is 2.30. The van der Waals surface area contributed by atoms with Gasteiger partial charge in [-0.15, -0.1) is 10.2 Å². The summed E-state index contributed by atoms with van der Waals surface area (Å²) in [5, 5.41) is 25.6. The van der Waals surface area contributed by atoms with Gasteiger partial charge in [0.05, 0.1) is 17.5 Å². The van der Waals surface area contributed by atoms with E-state index in [4.69, 9.17) is 10.8 Å². The summed E-state index contributed by atoms with van der Waals surface area (Å²) < 4.78 is 2.98. The average Bonchev–Trinajstić information content (AvgIpc) is 3.03. The fourth-order valence-corrected chi connectivity index (χ4v) is 2.13. The second-order valence-electron chi connectivity index (χ2n) is 5.19. The number of aromatic nitrogens is 4. The maximum absolute atomic E-state index is 11.7. The number of unbranched alkanes of at least 4 members (excludes halogenated alkanes) is 1. The van der Waals surface area contributed by atoms with Crippen LogP contribution in [-0.4, -0.2) is 37.1 Å². The van der Waals surface area contributed by atoms with Gasteiger partial charge in [-0.2, -0.15) is 10.2 Å². The number of hydrogen-bond donors (Lipinski definition) is 2. The van der Waals surface area contributed by atoms with Gasteiger partial charge in [-0.25, -0.2) is 4.68 Å². The standard InChI is InChI=1S/C14H21N7O2/c1-4-5-6-10-12(13(15)20(2)19-10)17-18-14-9(11(23)8-22)7-16-21(14)3/h7,22H,4-6,8,15H2,1-3H3. The second kappa shape index (κ2) is 7.14. The summed E-state index contributed by atoms with van der Waals surface area (Å²) in [7, 11) is 3.39. The molecular formula is C14H21N7O2. The number of carbonyl (C=O) groups is 1. The molecule has 0 aliphatic rings. The van der Waals surface area contributed by atoms with Crippen molar-refractivity contribution in [2.75, 3.05) is 12.3 Å². The van der Waals surface area contributed by atoms with Gasteiger partial charge in [-0.3, -0.25) is 9.48 Å². The van der Waals surface area contributed by atoms with Gasteiger partial charge in [0, 0.05) is 14.1 Å². The van der Waals surface area contributed by atoms with Gasteiger partial charge < -0.3 is 10.8 Å². The smallest absolute Gasteiger partial charge is 0.193 e. The van der Waals surface area contributed by atoms with E-state index in [1.165, 1.54) is 10.9 Å². The van der Waals surface area contributed by atoms with Crippen LogP contribution in [0, 0.1) is 0 Å². The predicted molar refractivity (Wildman–Crippen MR) is 85.0 cm³/mol. The third kappa shape index (κ3) is 3.45. The molecule has 23 heavy (non-hydrogen) atoms. The Balaban J connectivity index is 2.38. The van der Waals surface area contributed by atoms with E-state index in [1.54, 1.807) is 18.8 Å². The average molecular weight is 319 g/mol. The van der Waals surface area contributed by atoms with Crippen molar-refractivity contribution in [3.8, 4) is 0 Å². The normalized spacial score (nSPS) is 11.5. The fraction of sp³-hybridized carbons (Fsp3) is 0.500. The first-order chi connectivity index (χ1) is 11.0. The number of nitrogens with zero attached hydrogens (tertiary/aromatic N) is 6. The molecule has 0 unspecified atom stereocenters. The molecule has 0 amide bonds.